The molecule has 0 aliphatic carbocycles. The number of hydrogen-bond donors (Lipinski definition) is 1. The molecule has 0 aliphatic rings. The summed E-state index contributed by atoms with van der Waals surface area (Å²) in [6.45, 7) is 0.237. The van der Waals surface area contributed by atoms with Crippen LogP contribution in [0.2, 0.25) is 0 Å². The Morgan fingerprint density at radius 1 is 1.10 bits per heavy atom. The maximum absolute atomic E-state index is 13.2. The molecule has 3 aromatic heterocycles. The van der Waals surface area contributed by atoms with E-state index >= 15 is 0 Å². The summed E-state index contributed by atoms with van der Waals surface area (Å²) in [5.74, 6) is -0.861. The van der Waals surface area contributed by atoms with E-state index in [1.807, 2.05) is 6.07 Å². The number of aromatic nitrogens is 4. The van der Waals surface area contributed by atoms with Gasteiger partial charge in [0.25, 0.3) is 11.5 Å². The van der Waals surface area contributed by atoms with Gasteiger partial charge in [0, 0.05) is 26.0 Å². The van der Waals surface area contributed by atoms with E-state index in [0.717, 1.165) is 10.1 Å². The van der Waals surface area contributed by atoms with Crippen LogP contribution in [0.15, 0.2) is 70.6 Å². The second kappa shape index (κ2) is 8.31. The summed E-state index contributed by atoms with van der Waals surface area (Å²) in [4.78, 5) is 46.4. The SMILES string of the molecule is Cn1c(=O)n(Cc2ccc(F)cc2)c(=O)c2cc(C(=O)NCc3cccnc3)ncc21. The molecule has 8 nitrogen and oxygen atoms in total. The van der Waals surface area contributed by atoms with Gasteiger partial charge in [0.15, 0.2) is 0 Å². The molecule has 3 heterocycles. The number of amides is 1. The van der Waals surface area contributed by atoms with Crippen LogP contribution in [0.1, 0.15) is 21.6 Å². The number of benzene rings is 1. The molecule has 9 heteroatoms. The van der Waals surface area contributed by atoms with E-state index in [9.17, 15) is 18.8 Å². The molecule has 1 aromatic carbocycles. The molecule has 4 rings (SSSR count). The van der Waals surface area contributed by atoms with Crippen LogP contribution in [-0.4, -0.2) is 25.0 Å². The van der Waals surface area contributed by atoms with Crippen LogP contribution in [0.5, 0.6) is 0 Å². The molecule has 0 atom stereocenters. The van der Waals surface area contributed by atoms with Gasteiger partial charge in [-0.3, -0.25) is 23.7 Å². The van der Waals surface area contributed by atoms with Crippen LogP contribution in [0.25, 0.3) is 10.9 Å². The molecule has 0 aliphatic heterocycles. The molecule has 0 spiro atoms. The van der Waals surface area contributed by atoms with Gasteiger partial charge in [0.05, 0.1) is 23.6 Å². The molecule has 0 bridgehead atoms. The number of carbonyl (C=O) groups is 1. The van der Waals surface area contributed by atoms with Crippen molar-refractivity contribution in [1.29, 1.82) is 0 Å². The highest BCUT2D eigenvalue weighted by Crippen LogP contribution is 2.10. The minimum atomic E-state index is -0.550. The predicted octanol–water partition coefficient (Wildman–Crippen LogP) is 1.61. The normalized spacial score (nSPS) is 10.9. The van der Waals surface area contributed by atoms with Crippen molar-refractivity contribution in [1.82, 2.24) is 24.4 Å². The molecule has 4 aromatic rings. The van der Waals surface area contributed by atoms with Gasteiger partial charge in [-0.05, 0) is 35.4 Å². The second-order valence-electron chi connectivity index (χ2n) is 6.99. The lowest BCUT2D eigenvalue weighted by atomic mass is 10.2. The van der Waals surface area contributed by atoms with Gasteiger partial charge in [0.1, 0.15) is 11.5 Å². The van der Waals surface area contributed by atoms with Crippen molar-refractivity contribution < 1.29 is 9.18 Å². The van der Waals surface area contributed by atoms with Crippen molar-refractivity contribution >= 4 is 16.8 Å². The summed E-state index contributed by atoms with van der Waals surface area (Å²) in [6, 6.07) is 10.5. The fourth-order valence-electron chi connectivity index (χ4n) is 3.21. The zero-order chi connectivity index (χ0) is 22.0. The molecular weight excluding hydrogens is 401 g/mol. The Kier molecular flexibility index (Phi) is 5.40. The minimum Gasteiger partial charge on any atom is -0.347 e. The smallest absolute Gasteiger partial charge is 0.331 e. The fraction of sp³-hybridized carbons (Fsp3) is 0.136. The first kappa shape index (κ1) is 20.1. The maximum Gasteiger partial charge on any atom is 0.331 e. The van der Waals surface area contributed by atoms with E-state index in [1.54, 1.807) is 18.5 Å². The van der Waals surface area contributed by atoms with Crippen LogP contribution >= 0.6 is 0 Å². The van der Waals surface area contributed by atoms with Gasteiger partial charge in [-0.2, -0.15) is 0 Å². The Morgan fingerprint density at radius 2 is 1.87 bits per heavy atom. The highest BCUT2D eigenvalue weighted by Gasteiger charge is 2.15. The molecule has 0 saturated heterocycles. The van der Waals surface area contributed by atoms with Crippen molar-refractivity contribution in [3.63, 3.8) is 0 Å². The highest BCUT2D eigenvalue weighted by atomic mass is 19.1. The van der Waals surface area contributed by atoms with Crippen molar-refractivity contribution in [2.45, 2.75) is 13.1 Å². The van der Waals surface area contributed by atoms with Crippen LogP contribution in [-0.2, 0) is 20.1 Å². The van der Waals surface area contributed by atoms with E-state index in [4.69, 9.17) is 0 Å². The van der Waals surface area contributed by atoms with Crippen molar-refractivity contribution in [2.75, 3.05) is 0 Å². The maximum atomic E-state index is 13.2. The zero-order valence-corrected chi connectivity index (χ0v) is 16.6. The van der Waals surface area contributed by atoms with E-state index < -0.39 is 23.0 Å². The van der Waals surface area contributed by atoms with Gasteiger partial charge >= 0.3 is 5.69 Å². The Hall–Kier alpha value is -4.14. The molecule has 1 N–H and O–H groups in total. The standard InChI is InChI=1S/C22H18FN5O3/c1-27-19-12-25-18(20(29)26-11-15-3-2-8-24-10-15)9-17(19)21(30)28(22(27)31)13-14-4-6-16(23)7-5-14/h2-10,12H,11,13H2,1H3,(H,26,29). The van der Waals surface area contributed by atoms with Crippen LogP contribution < -0.4 is 16.6 Å². The van der Waals surface area contributed by atoms with Gasteiger partial charge in [-0.25, -0.2) is 14.2 Å². The number of nitrogens with one attached hydrogen (secondary N) is 1. The summed E-state index contributed by atoms with van der Waals surface area (Å²) in [5, 5.41) is 2.92. The summed E-state index contributed by atoms with van der Waals surface area (Å²) in [5.41, 5.74) is 0.710. The lowest BCUT2D eigenvalue weighted by Gasteiger charge is -2.11. The molecule has 156 valence electrons. The van der Waals surface area contributed by atoms with E-state index in [-0.39, 0.29) is 24.2 Å². The number of aryl methyl sites for hydroxylation is 1. The van der Waals surface area contributed by atoms with E-state index in [1.165, 1.54) is 48.1 Å². The first-order chi connectivity index (χ1) is 14.9. The third-order valence-electron chi connectivity index (χ3n) is 4.90. The van der Waals surface area contributed by atoms with Crippen molar-refractivity contribution in [2.24, 2.45) is 7.05 Å². The molecular formula is C22H18FN5O3. The van der Waals surface area contributed by atoms with Crippen LogP contribution in [0, 0.1) is 5.82 Å². The Labute approximate surface area is 175 Å². The summed E-state index contributed by atoms with van der Waals surface area (Å²) >= 11 is 0. The number of nitrogens with zero attached hydrogens (tertiary/aromatic N) is 4. The number of carbonyl (C=O) groups excluding carboxylic acids is 1. The van der Waals surface area contributed by atoms with Gasteiger partial charge < -0.3 is 5.32 Å². The Bertz CT molecular complexity index is 1380. The Balaban J connectivity index is 1.69. The average molecular weight is 419 g/mol. The fourth-order valence-corrected chi connectivity index (χ4v) is 3.21. The molecule has 0 unspecified atom stereocenters. The van der Waals surface area contributed by atoms with Crippen LogP contribution in [0.4, 0.5) is 4.39 Å². The van der Waals surface area contributed by atoms with Gasteiger partial charge in [0.2, 0.25) is 0 Å². The third-order valence-corrected chi connectivity index (χ3v) is 4.90. The van der Waals surface area contributed by atoms with Crippen LogP contribution in [0.3, 0.4) is 0 Å². The largest absolute Gasteiger partial charge is 0.347 e. The zero-order valence-electron chi connectivity index (χ0n) is 16.6. The topological polar surface area (TPSA) is 98.9 Å². The molecule has 0 radical (unpaired) electrons. The number of hydrogen-bond acceptors (Lipinski definition) is 5. The third kappa shape index (κ3) is 4.11. The van der Waals surface area contributed by atoms with Gasteiger partial charge in [-0.1, -0.05) is 18.2 Å². The van der Waals surface area contributed by atoms with E-state index in [0.29, 0.717) is 11.1 Å². The number of rotatable bonds is 5. The molecule has 1 amide bonds. The molecule has 0 fully saturated rings. The molecule has 0 saturated carbocycles. The first-order valence-corrected chi connectivity index (χ1v) is 9.45. The predicted molar refractivity (Wildman–Crippen MR) is 112 cm³/mol. The monoisotopic (exact) mass is 419 g/mol. The first-order valence-electron chi connectivity index (χ1n) is 9.45. The minimum absolute atomic E-state index is 0.0212. The number of pyridine rings is 2. The quantitative estimate of drug-likeness (QED) is 0.530. The summed E-state index contributed by atoms with van der Waals surface area (Å²) in [7, 11) is 1.52. The lowest BCUT2D eigenvalue weighted by molar-refractivity contribution is 0.0946. The van der Waals surface area contributed by atoms with Gasteiger partial charge in [-0.15, -0.1) is 0 Å². The lowest BCUT2D eigenvalue weighted by Crippen LogP contribution is -2.39. The van der Waals surface area contributed by atoms with Crippen molar-refractivity contribution in [3.8, 4) is 0 Å². The number of halogens is 1. The van der Waals surface area contributed by atoms with Crippen molar-refractivity contribution in [3.05, 3.63) is 105 Å². The Morgan fingerprint density at radius 3 is 2.58 bits per heavy atom. The highest BCUT2D eigenvalue weighted by molar-refractivity contribution is 5.95. The number of fused-ring (bicyclic) bond motifs is 1. The average Bonchev–Trinajstić information content (AvgIpc) is 2.80. The van der Waals surface area contributed by atoms with E-state index in [2.05, 4.69) is 15.3 Å². The molecule has 31 heavy (non-hydrogen) atoms. The second-order valence-corrected chi connectivity index (χ2v) is 6.99. The summed E-state index contributed by atoms with van der Waals surface area (Å²) in [6.07, 6.45) is 4.61. The summed E-state index contributed by atoms with van der Waals surface area (Å²) < 4.78 is 15.5.